The summed E-state index contributed by atoms with van der Waals surface area (Å²) in [5.74, 6) is 0.879. The first-order valence-electron chi connectivity index (χ1n) is 5.60. The molecule has 1 fully saturated rings. The maximum absolute atomic E-state index is 5.52. The molecule has 1 aromatic rings. The molecule has 1 heterocycles. The summed E-state index contributed by atoms with van der Waals surface area (Å²) in [4.78, 5) is 6.62. The highest BCUT2D eigenvalue weighted by Gasteiger charge is 2.30. The Hall–Kier alpha value is -1.09. The minimum Gasteiger partial charge on any atom is -0.370 e. The molecule has 1 aliphatic carbocycles. The molecule has 1 aliphatic rings. The molecule has 3 nitrogen and oxygen atoms in total. The monoisotopic (exact) mass is 205 g/mol. The lowest BCUT2D eigenvalue weighted by molar-refractivity contribution is 0.608. The maximum Gasteiger partial charge on any atom is 0.0552 e. The number of pyridine rings is 1. The Morgan fingerprint density at radius 2 is 2.27 bits per heavy atom. The summed E-state index contributed by atoms with van der Waals surface area (Å²) in [7, 11) is 2.14. The molecule has 1 aromatic heterocycles. The molecule has 1 atom stereocenters. The second-order valence-corrected chi connectivity index (χ2v) is 4.40. The van der Waals surface area contributed by atoms with Gasteiger partial charge in [-0.3, -0.25) is 4.98 Å². The summed E-state index contributed by atoms with van der Waals surface area (Å²) in [6.45, 7) is 2.80. The quantitative estimate of drug-likeness (QED) is 0.814. The molecular formula is C12H19N3. The Balaban J connectivity index is 2.07. The fourth-order valence-corrected chi connectivity index (χ4v) is 1.88. The van der Waals surface area contributed by atoms with Crippen molar-refractivity contribution in [2.75, 3.05) is 11.9 Å². The normalized spacial score (nSPS) is 17.5. The van der Waals surface area contributed by atoms with Gasteiger partial charge in [0.2, 0.25) is 0 Å². The van der Waals surface area contributed by atoms with E-state index in [2.05, 4.69) is 29.9 Å². The number of nitrogens with two attached hydrogens (primary N) is 1. The molecule has 0 radical (unpaired) electrons. The van der Waals surface area contributed by atoms with Gasteiger partial charge in [-0.15, -0.1) is 0 Å². The predicted molar refractivity (Wildman–Crippen MR) is 62.7 cm³/mol. The summed E-state index contributed by atoms with van der Waals surface area (Å²) in [5, 5.41) is 0. The van der Waals surface area contributed by atoms with Crippen LogP contribution in [0.3, 0.4) is 0 Å². The van der Waals surface area contributed by atoms with Crippen LogP contribution in [0, 0.1) is 5.92 Å². The second-order valence-electron chi connectivity index (χ2n) is 4.40. The zero-order valence-corrected chi connectivity index (χ0v) is 9.48. The van der Waals surface area contributed by atoms with Crippen LogP contribution in [0.15, 0.2) is 18.3 Å². The van der Waals surface area contributed by atoms with Gasteiger partial charge in [0.15, 0.2) is 0 Å². The maximum atomic E-state index is 5.52. The summed E-state index contributed by atoms with van der Waals surface area (Å²) >= 11 is 0. The van der Waals surface area contributed by atoms with E-state index in [4.69, 9.17) is 5.73 Å². The summed E-state index contributed by atoms with van der Waals surface area (Å²) in [6.07, 6.45) is 4.67. The molecule has 1 unspecified atom stereocenters. The molecule has 82 valence electrons. The van der Waals surface area contributed by atoms with E-state index >= 15 is 0 Å². The fraction of sp³-hybridized carbons (Fsp3) is 0.583. The van der Waals surface area contributed by atoms with Gasteiger partial charge in [-0.05, 0) is 37.8 Å². The van der Waals surface area contributed by atoms with Crippen molar-refractivity contribution < 1.29 is 0 Å². The average Bonchev–Trinajstić information content (AvgIpc) is 3.11. The molecule has 0 amide bonds. The van der Waals surface area contributed by atoms with Crippen LogP contribution < -0.4 is 10.6 Å². The van der Waals surface area contributed by atoms with E-state index in [0.29, 0.717) is 12.6 Å². The van der Waals surface area contributed by atoms with Gasteiger partial charge in [-0.1, -0.05) is 0 Å². The van der Waals surface area contributed by atoms with Crippen LogP contribution in [0.4, 0.5) is 5.69 Å². The van der Waals surface area contributed by atoms with Gasteiger partial charge in [0.1, 0.15) is 0 Å². The highest BCUT2D eigenvalue weighted by atomic mass is 15.1. The largest absolute Gasteiger partial charge is 0.370 e. The van der Waals surface area contributed by atoms with E-state index in [1.807, 2.05) is 12.3 Å². The molecule has 0 aliphatic heterocycles. The lowest BCUT2D eigenvalue weighted by Crippen LogP contribution is -2.30. The third-order valence-electron chi connectivity index (χ3n) is 3.34. The zero-order chi connectivity index (χ0) is 10.8. The van der Waals surface area contributed by atoms with E-state index in [1.54, 1.807) is 0 Å². The molecule has 2 N–H and O–H groups in total. The molecule has 0 aromatic carbocycles. The zero-order valence-electron chi connectivity index (χ0n) is 9.48. The van der Waals surface area contributed by atoms with E-state index in [9.17, 15) is 0 Å². The molecule has 15 heavy (non-hydrogen) atoms. The van der Waals surface area contributed by atoms with E-state index in [-0.39, 0.29) is 0 Å². The van der Waals surface area contributed by atoms with Gasteiger partial charge in [-0.25, -0.2) is 0 Å². The number of anilines is 1. The molecule has 2 rings (SSSR count). The van der Waals surface area contributed by atoms with Crippen LogP contribution in [-0.4, -0.2) is 18.1 Å². The fourth-order valence-electron chi connectivity index (χ4n) is 1.88. The number of hydrogen-bond donors (Lipinski definition) is 1. The van der Waals surface area contributed by atoms with Crippen LogP contribution in [0.5, 0.6) is 0 Å². The molecule has 0 spiro atoms. The highest BCUT2D eigenvalue weighted by molar-refractivity contribution is 5.45. The first-order chi connectivity index (χ1) is 7.22. The van der Waals surface area contributed by atoms with E-state index in [1.165, 1.54) is 18.5 Å². The van der Waals surface area contributed by atoms with Crippen molar-refractivity contribution in [1.82, 2.24) is 4.98 Å². The smallest absolute Gasteiger partial charge is 0.0552 e. The second kappa shape index (κ2) is 4.19. The van der Waals surface area contributed by atoms with Crippen molar-refractivity contribution in [1.29, 1.82) is 0 Å². The van der Waals surface area contributed by atoms with Crippen LogP contribution in [0.25, 0.3) is 0 Å². The van der Waals surface area contributed by atoms with Gasteiger partial charge in [-0.2, -0.15) is 0 Å². The van der Waals surface area contributed by atoms with Crippen molar-refractivity contribution in [3.8, 4) is 0 Å². The Kier molecular flexibility index (Phi) is 2.91. The number of nitrogens with zero attached hydrogens (tertiary/aromatic N) is 2. The van der Waals surface area contributed by atoms with Crippen molar-refractivity contribution in [2.24, 2.45) is 11.7 Å². The Labute approximate surface area is 91.3 Å². The first kappa shape index (κ1) is 10.4. The number of rotatable bonds is 4. The van der Waals surface area contributed by atoms with Crippen molar-refractivity contribution >= 4 is 5.69 Å². The average molecular weight is 205 g/mol. The predicted octanol–water partition coefficient (Wildman–Crippen LogP) is 1.77. The van der Waals surface area contributed by atoms with Crippen LogP contribution in [0.2, 0.25) is 0 Å². The van der Waals surface area contributed by atoms with Gasteiger partial charge in [0, 0.05) is 19.6 Å². The van der Waals surface area contributed by atoms with Gasteiger partial charge in [0.05, 0.1) is 17.6 Å². The third-order valence-corrected chi connectivity index (χ3v) is 3.34. The standard InChI is InChI=1S/C12H19N3/c1-9(10-3-4-10)15(2)12-6-5-11(7-13)14-8-12/h5-6,8-10H,3-4,7,13H2,1-2H3. The van der Waals surface area contributed by atoms with Crippen molar-refractivity contribution in [2.45, 2.75) is 32.4 Å². The van der Waals surface area contributed by atoms with Crippen LogP contribution in [-0.2, 0) is 6.54 Å². The molecular weight excluding hydrogens is 186 g/mol. The molecule has 0 saturated heterocycles. The number of hydrogen-bond acceptors (Lipinski definition) is 3. The first-order valence-corrected chi connectivity index (χ1v) is 5.60. The number of aromatic nitrogens is 1. The summed E-state index contributed by atoms with van der Waals surface area (Å²) < 4.78 is 0. The van der Waals surface area contributed by atoms with Gasteiger partial charge >= 0.3 is 0 Å². The van der Waals surface area contributed by atoms with Crippen LogP contribution >= 0.6 is 0 Å². The van der Waals surface area contributed by atoms with E-state index < -0.39 is 0 Å². The van der Waals surface area contributed by atoms with Crippen molar-refractivity contribution in [3.63, 3.8) is 0 Å². The Morgan fingerprint density at radius 1 is 1.53 bits per heavy atom. The SMILES string of the molecule is CC(C1CC1)N(C)c1ccc(CN)nc1. The highest BCUT2D eigenvalue weighted by Crippen LogP contribution is 2.36. The van der Waals surface area contributed by atoms with Gasteiger partial charge in [0.25, 0.3) is 0 Å². The lowest BCUT2D eigenvalue weighted by atomic mass is 10.2. The molecule has 1 saturated carbocycles. The van der Waals surface area contributed by atoms with Gasteiger partial charge < -0.3 is 10.6 Å². The minimum absolute atomic E-state index is 0.516. The molecule has 0 bridgehead atoms. The molecule has 3 heteroatoms. The summed E-state index contributed by atoms with van der Waals surface area (Å²) in [6, 6.07) is 4.73. The lowest BCUT2D eigenvalue weighted by Gasteiger charge is -2.26. The Bertz CT molecular complexity index is 316. The Morgan fingerprint density at radius 3 is 2.73 bits per heavy atom. The van der Waals surface area contributed by atoms with Crippen molar-refractivity contribution in [3.05, 3.63) is 24.0 Å². The minimum atomic E-state index is 0.516. The van der Waals surface area contributed by atoms with E-state index in [0.717, 1.165) is 11.6 Å². The third kappa shape index (κ3) is 2.29. The topological polar surface area (TPSA) is 42.1 Å². The van der Waals surface area contributed by atoms with Crippen LogP contribution in [0.1, 0.15) is 25.5 Å². The summed E-state index contributed by atoms with van der Waals surface area (Å²) in [5.41, 5.74) is 7.65.